The Balaban J connectivity index is 2.15. The largest absolute Gasteiger partial charge is 0.508 e. The second-order valence-electron chi connectivity index (χ2n) is 5.41. The molecule has 0 amide bonds. The first-order valence-corrected chi connectivity index (χ1v) is 7.57. The summed E-state index contributed by atoms with van der Waals surface area (Å²) in [4.78, 5) is 0. The average molecular weight is 320 g/mol. The summed E-state index contributed by atoms with van der Waals surface area (Å²) in [5.74, 6) is 0.709. The van der Waals surface area contributed by atoms with Crippen LogP contribution < -0.4 is 10.1 Å². The van der Waals surface area contributed by atoms with Gasteiger partial charge < -0.3 is 20.3 Å². The number of hydrogen-bond donors (Lipinski definition) is 3. The second kappa shape index (κ2) is 6.07. The fraction of sp³-hybridized carbons (Fsp3) is 0.294. The second-order valence-corrected chi connectivity index (χ2v) is 5.79. The van der Waals surface area contributed by atoms with Crippen molar-refractivity contribution in [2.45, 2.75) is 12.3 Å². The highest BCUT2D eigenvalue weighted by atomic mass is 35.5. The van der Waals surface area contributed by atoms with Gasteiger partial charge in [-0.15, -0.1) is 0 Å². The van der Waals surface area contributed by atoms with E-state index in [1.807, 2.05) is 18.2 Å². The van der Waals surface area contributed by atoms with Gasteiger partial charge in [-0.25, -0.2) is 0 Å². The van der Waals surface area contributed by atoms with E-state index in [4.69, 9.17) is 16.3 Å². The molecule has 0 aromatic heterocycles. The molecule has 3 N–H and O–H groups in total. The van der Waals surface area contributed by atoms with Gasteiger partial charge in [-0.2, -0.15) is 0 Å². The standard InChI is InChI=1S/C17H18ClNO3/c1-22-15-8-13-12(16(18)17(15)21)6-7-19-9-14(13)10-2-4-11(20)5-3-10/h2-5,8,14,19-21H,6-7,9H2,1H3. The minimum Gasteiger partial charge on any atom is -0.508 e. The zero-order chi connectivity index (χ0) is 15.7. The smallest absolute Gasteiger partial charge is 0.177 e. The molecule has 0 spiro atoms. The molecule has 0 radical (unpaired) electrons. The van der Waals surface area contributed by atoms with E-state index in [2.05, 4.69) is 5.32 Å². The Bertz CT molecular complexity index is 685. The number of halogens is 1. The molecule has 2 aromatic rings. The number of benzene rings is 2. The quantitative estimate of drug-likeness (QED) is 0.796. The van der Waals surface area contributed by atoms with Crippen molar-refractivity contribution in [1.82, 2.24) is 5.32 Å². The number of nitrogens with one attached hydrogen (secondary N) is 1. The first kappa shape index (κ1) is 15.0. The van der Waals surface area contributed by atoms with Gasteiger partial charge in [0.15, 0.2) is 11.5 Å². The summed E-state index contributed by atoms with van der Waals surface area (Å²) >= 11 is 6.35. The first-order chi connectivity index (χ1) is 10.6. The molecular weight excluding hydrogens is 302 g/mol. The lowest BCUT2D eigenvalue weighted by Gasteiger charge is -2.21. The van der Waals surface area contributed by atoms with Gasteiger partial charge in [0.25, 0.3) is 0 Å². The van der Waals surface area contributed by atoms with Crippen molar-refractivity contribution < 1.29 is 14.9 Å². The van der Waals surface area contributed by atoms with E-state index in [-0.39, 0.29) is 17.4 Å². The molecule has 3 rings (SSSR count). The van der Waals surface area contributed by atoms with Gasteiger partial charge in [0, 0.05) is 12.5 Å². The van der Waals surface area contributed by atoms with E-state index in [0.717, 1.165) is 36.2 Å². The zero-order valence-electron chi connectivity index (χ0n) is 12.3. The summed E-state index contributed by atoms with van der Waals surface area (Å²) < 4.78 is 5.24. The highest BCUT2D eigenvalue weighted by Crippen LogP contribution is 2.43. The summed E-state index contributed by atoms with van der Waals surface area (Å²) in [7, 11) is 1.52. The monoisotopic (exact) mass is 319 g/mol. The third kappa shape index (κ3) is 2.60. The van der Waals surface area contributed by atoms with Crippen molar-refractivity contribution in [2.75, 3.05) is 20.2 Å². The SMILES string of the molecule is COc1cc2c(c(Cl)c1O)CCNCC2c1ccc(O)cc1. The highest BCUT2D eigenvalue weighted by molar-refractivity contribution is 6.33. The van der Waals surface area contributed by atoms with E-state index < -0.39 is 0 Å². The lowest BCUT2D eigenvalue weighted by molar-refractivity contribution is 0.372. The highest BCUT2D eigenvalue weighted by Gasteiger charge is 2.25. The van der Waals surface area contributed by atoms with Gasteiger partial charge in [0.05, 0.1) is 12.1 Å². The molecule has 0 saturated carbocycles. The molecule has 0 fully saturated rings. The number of aromatic hydroxyl groups is 2. The topological polar surface area (TPSA) is 61.7 Å². The Kier molecular flexibility index (Phi) is 4.14. The minimum atomic E-state index is -0.00530. The van der Waals surface area contributed by atoms with Gasteiger partial charge in [-0.3, -0.25) is 0 Å². The molecule has 0 bridgehead atoms. The predicted octanol–water partition coefficient (Wildman–Crippen LogP) is 3.04. The van der Waals surface area contributed by atoms with Crippen molar-refractivity contribution >= 4 is 11.6 Å². The van der Waals surface area contributed by atoms with Gasteiger partial charge in [-0.05, 0) is 47.9 Å². The Morgan fingerprint density at radius 3 is 2.64 bits per heavy atom. The number of rotatable bonds is 2. The molecule has 22 heavy (non-hydrogen) atoms. The predicted molar refractivity (Wildman–Crippen MR) is 86.2 cm³/mol. The Morgan fingerprint density at radius 1 is 1.23 bits per heavy atom. The van der Waals surface area contributed by atoms with Crippen molar-refractivity contribution in [3.63, 3.8) is 0 Å². The fourth-order valence-electron chi connectivity index (χ4n) is 2.97. The summed E-state index contributed by atoms with van der Waals surface area (Å²) in [6.07, 6.45) is 0.750. The van der Waals surface area contributed by atoms with Crippen LogP contribution in [0.5, 0.6) is 17.2 Å². The van der Waals surface area contributed by atoms with Crippen LogP contribution in [-0.2, 0) is 6.42 Å². The van der Waals surface area contributed by atoms with Gasteiger partial charge >= 0.3 is 0 Å². The molecule has 4 nitrogen and oxygen atoms in total. The molecule has 1 aliphatic rings. The van der Waals surface area contributed by atoms with E-state index in [0.29, 0.717) is 10.8 Å². The third-order valence-corrected chi connectivity index (χ3v) is 4.54. The molecule has 5 heteroatoms. The summed E-state index contributed by atoms with van der Waals surface area (Å²) in [5, 5.41) is 23.4. The van der Waals surface area contributed by atoms with Gasteiger partial charge in [-0.1, -0.05) is 23.7 Å². The summed E-state index contributed by atoms with van der Waals surface area (Å²) in [6, 6.07) is 9.04. The zero-order valence-corrected chi connectivity index (χ0v) is 13.0. The average Bonchev–Trinajstić information content (AvgIpc) is 2.74. The minimum absolute atomic E-state index is 0.00530. The molecule has 0 aliphatic carbocycles. The van der Waals surface area contributed by atoms with Crippen LogP contribution in [0.15, 0.2) is 30.3 Å². The van der Waals surface area contributed by atoms with Gasteiger partial charge in [0.2, 0.25) is 0 Å². The van der Waals surface area contributed by atoms with Crippen LogP contribution in [0.4, 0.5) is 0 Å². The van der Waals surface area contributed by atoms with E-state index >= 15 is 0 Å². The van der Waals surface area contributed by atoms with Crippen LogP contribution >= 0.6 is 11.6 Å². The molecule has 1 atom stereocenters. The number of phenols is 2. The maximum atomic E-state index is 10.1. The number of methoxy groups -OCH3 is 1. The lowest BCUT2D eigenvalue weighted by atomic mass is 9.87. The lowest BCUT2D eigenvalue weighted by Crippen LogP contribution is -2.20. The maximum absolute atomic E-state index is 10.1. The van der Waals surface area contributed by atoms with Crippen molar-refractivity contribution in [3.05, 3.63) is 52.0 Å². The van der Waals surface area contributed by atoms with Crippen LogP contribution in [0.3, 0.4) is 0 Å². The molecule has 116 valence electrons. The van der Waals surface area contributed by atoms with Crippen molar-refractivity contribution in [1.29, 1.82) is 0 Å². The molecular formula is C17H18ClNO3. The van der Waals surface area contributed by atoms with Crippen LogP contribution in [0.1, 0.15) is 22.6 Å². The summed E-state index contributed by atoms with van der Waals surface area (Å²) in [6.45, 7) is 1.56. The Morgan fingerprint density at radius 2 is 1.95 bits per heavy atom. The first-order valence-electron chi connectivity index (χ1n) is 7.19. The van der Waals surface area contributed by atoms with Crippen LogP contribution in [0, 0.1) is 0 Å². The molecule has 1 aliphatic heterocycles. The van der Waals surface area contributed by atoms with E-state index in [1.54, 1.807) is 12.1 Å². The van der Waals surface area contributed by atoms with Crippen LogP contribution in [0.2, 0.25) is 5.02 Å². The third-order valence-electron chi connectivity index (χ3n) is 4.13. The normalized spacial score (nSPS) is 17.6. The molecule has 1 unspecified atom stereocenters. The van der Waals surface area contributed by atoms with Crippen molar-refractivity contribution in [3.8, 4) is 17.2 Å². The molecule has 2 aromatic carbocycles. The molecule has 0 saturated heterocycles. The number of ether oxygens (including phenoxy) is 1. The Labute approximate surface area is 134 Å². The van der Waals surface area contributed by atoms with Crippen LogP contribution in [0.25, 0.3) is 0 Å². The van der Waals surface area contributed by atoms with E-state index in [9.17, 15) is 10.2 Å². The maximum Gasteiger partial charge on any atom is 0.177 e. The van der Waals surface area contributed by atoms with E-state index in [1.165, 1.54) is 7.11 Å². The number of hydrogen-bond acceptors (Lipinski definition) is 4. The number of fused-ring (bicyclic) bond motifs is 1. The van der Waals surface area contributed by atoms with Gasteiger partial charge in [0.1, 0.15) is 5.75 Å². The fourth-order valence-corrected chi connectivity index (χ4v) is 3.27. The molecule has 1 heterocycles. The van der Waals surface area contributed by atoms with Crippen LogP contribution in [-0.4, -0.2) is 30.4 Å². The summed E-state index contributed by atoms with van der Waals surface area (Å²) in [5.41, 5.74) is 3.08. The van der Waals surface area contributed by atoms with Crippen molar-refractivity contribution in [2.24, 2.45) is 0 Å². The Hall–Kier alpha value is -1.91. The number of phenolic OH excluding ortho intramolecular Hbond substituents is 2.